The molecule has 0 fully saturated rings. The highest BCUT2D eigenvalue weighted by atomic mass is 32.1. The predicted molar refractivity (Wildman–Crippen MR) is 253 cm³/mol. The Morgan fingerprint density at radius 2 is 0.949 bits per heavy atom. The van der Waals surface area contributed by atoms with Gasteiger partial charge in [-0.2, -0.15) is 0 Å². The fraction of sp³-hybridized carbons (Fsp3) is 0.0526. The second-order valence-electron chi connectivity index (χ2n) is 16.5. The van der Waals surface area contributed by atoms with Crippen molar-refractivity contribution in [3.8, 4) is 61.3 Å². The van der Waals surface area contributed by atoms with Crippen LogP contribution in [0.25, 0.3) is 103 Å². The van der Waals surface area contributed by atoms with Crippen molar-refractivity contribution < 1.29 is 0 Å². The summed E-state index contributed by atoms with van der Waals surface area (Å²) in [4.78, 5) is 0. The Hall–Kier alpha value is -7.00. The van der Waals surface area contributed by atoms with Gasteiger partial charge in [-0.25, -0.2) is 0 Å². The molecular weight excluding hydrogens is 731 g/mol. The van der Waals surface area contributed by atoms with Gasteiger partial charge in [0.15, 0.2) is 0 Å². The maximum absolute atomic E-state index is 2.48. The van der Waals surface area contributed by atoms with Crippen molar-refractivity contribution in [1.29, 1.82) is 0 Å². The van der Waals surface area contributed by atoms with E-state index in [0.717, 1.165) is 0 Å². The Bertz CT molecular complexity index is 3450. The Morgan fingerprint density at radius 3 is 1.80 bits per heavy atom. The summed E-state index contributed by atoms with van der Waals surface area (Å²) < 4.78 is 5.13. The van der Waals surface area contributed by atoms with Gasteiger partial charge >= 0.3 is 0 Å². The molecule has 12 rings (SSSR count). The largest absolute Gasteiger partial charge is 0.309 e. The third-order valence-electron chi connectivity index (χ3n) is 12.8. The Morgan fingerprint density at radius 1 is 0.356 bits per heavy atom. The zero-order valence-electron chi connectivity index (χ0n) is 32.9. The molecule has 2 aromatic heterocycles. The monoisotopic (exact) mass is 769 g/mol. The van der Waals surface area contributed by atoms with Gasteiger partial charge in [0.05, 0.1) is 11.0 Å². The molecule has 0 radical (unpaired) electrons. The van der Waals surface area contributed by atoms with E-state index in [0.29, 0.717) is 0 Å². The SMILES string of the molecule is CC1(C)c2ccccc2-c2ccc(-n3c4ccccc4c4ccc(-c5cc(-c6ccc(-c7ccccc7)cc6)cc(-c6cccc7c6sc6ccccc67)c5)cc43)cc21. The lowest BCUT2D eigenvalue weighted by Gasteiger charge is -2.22. The molecule has 0 unspecified atom stereocenters. The van der Waals surface area contributed by atoms with E-state index in [4.69, 9.17) is 0 Å². The van der Waals surface area contributed by atoms with E-state index in [1.807, 2.05) is 11.3 Å². The van der Waals surface area contributed by atoms with Gasteiger partial charge in [0.1, 0.15) is 0 Å². The first-order chi connectivity index (χ1) is 29.0. The van der Waals surface area contributed by atoms with Crippen LogP contribution in [0.3, 0.4) is 0 Å². The molecule has 0 amide bonds. The minimum Gasteiger partial charge on any atom is -0.309 e. The number of benzene rings is 9. The van der Waals surface area contributed by atoms with Crippen LogP contribution in [0.5, 0.6) is 0 Å². The van der Waals surface area contributed by atoms with Crippen LogP contribution in [-0.2, 0) is 5.41 Å². The van der Waals surface area contributed by atoms with Crippen molar-refractivity contribution in [1.82, 2.24) is 4.57 Å². The topological polar surface area (TPSA) is 4.93 Å². The molecule has 0 spiro atoms. The molecule has 1 aliphatic carbocycles. The van der Waals surface area contributed by atoms with Crippen molar-refractivity contribution >= 4 is 53.3 Å². The molecule has 0 bridgehead atoms. The van der Waals surface area contributed by atoms with Crippen LogP contribution in [0.15, 0.2) is 200 Å². The van der Waals surface area contributed by atoms with Crippen molar-refractivity contribution in [3.63, 3.8) is 0 Å². The summed E-state index contributed by atoms with van der Waals surface area (Å²) in [6, 6.07) is 74.4. The summed E-state index contributed by atoms with van der Waals surface area (Å²) in [5.74, 6) is 0. The molecule has 2 heteroatoms. The zero-order valence-corrected chi connectivity index (χ0v) is 33.7. The molecule has 11 aromatic rings. The number of aromatic nitrogens is 1. The van der Waals surface area contributed by atoms with Crippen LogP contribution in [-0.4, -0.2) is 4.57 Å². The second-order valence-corrected chi connectivity index (χ2v) is 17.6. The van der Waals surface area contributed by atoms with Crippen LogP contribution in [0.1, 0.15) is 25.0 Å². The highest BCUT2D eigenvalue weighted by molar-refractivity contribution is 7.26. The highest BCUT2D eigenvalue weighted by Gasteiger charge is 2.35. The summed E-state index contributed by atoms with van der Waals surface area (Å²) in [5, 5.41) is 5.16. The first-order valence-corrected chi connectivity index (χ1v) is 21.3. The Labute approximate surface area is 348 Å². The average Bonchev–Trinajstić information content (AvgIpc) is 3.91. The van der Waals surface area contributed by atoms with Gasteiger partial charge in [-0.1, -0.05) is 166 Å². The van der Waals surface area contributed by atoms with Crippen molar-refractivity contribution in [3.05, 3.63) is 211 Å². The first kappa shape index (κ1) is 34.1. The van der Waals surface area contributed by atoms with E-state index >= 15 is 0 Å². The lowest BCUT2D eigenvalue weighted by molar-refractivity contribution is 0.660. The van der Waals surface area contributed by atoms with Crippen LogP contribution in [0.2, 0.25) is 0 Å². The van der Waals surface area contributed by atoms with Crippen molar-refractivity contribution in [2.24, 2.45) is 0 Å². The quantitative estimate of drug-likeness (QED) is 0.164. The highest BCUT2D eigenvalue weighted by Crippen LogP contribution is 2.50. The molecular formula is C57H39NS. The molecule has 0 aliphatic heterocycles. The Kier molecular flexibility index (Phi) is 7.51. The number of hydrogen-bond donors (Lipinski definition) is 0. The van der Waals surface area contributed by atoms with Gasteiger partial charge in [0.25, 0.3) is 0 Å². The maximum Gasteiger partial charge on any atom is 0.0547 e. The molecule has 0 saturated carbocycles. The minimum atomic E-state index is -0.0841. The summed E-state index contributed by atoms with van der Waals surface area (Å²) in [7, 11) is 0. The van der Waals surface area contributed by atoms with Gasteiger partial charge in [-0.15, -0.1) is 11.3 Å². The van der Waals surface area contributed by atoms with Crippen LogP contribution < -0.4 is 0 Å². The Balaban J connectivity index is 1.06. The molecule has 0 atom stereocenters. The molecule has 2 heterocycles. The lowest BCUT2D eigenvalue weighted by Crippen LogP contribution is -2.15. The predicted octanol–water partition coefficient (Wildman–Crippen LogP) is 16.1. The van der Waals surface area contributed by atoms with Crippen LogP contribution >= 0.6 is 11.3 Å². The van der Waals surface area contributed by atoms with Crippen molar-refractivity contribution in [2.75, 3.05) is 0 Å². The molecule has 1 nitrogen and oxygen atoms in total. The summed E-state index contributed by atoms with van der Waals surface area (Å²) in [5.41, 5.74) is 18.7. The number of thiophene rings is 1. The number of para-hydroxylation sites is 1. The first-order valence-electron chi connectivity index (χ1n) is 20.5. The van der Waals surface area contributed by atoms with Gasteiger partial charge in [-0.3, -0.25) is 0 Å². The number of fused-ring (bicyclic) bond motifs is 9. The minimum absolute atomic E-state index is 0.0841. The molecule has 0 saturated heterocycles. The third-order valence-corrected chi connectivity index (χ3v) is 14.0. The fourth-order valence-corrected chi connectivity index (χ4v) is 11.1. The molecule has 9 aromatic carbocycles. The van der Waals surface area contributed by atoms with E-state index in [9.17, 15) is 0 Å². The smallest absolute Gasteiger partial charge is 0.0547 e. The van der Waals surface area contributed by atoms with E-state index in [-0.39, 0.29) is 5.41 Å². The van der Waals surface area contributed by atoms with E-state index in [2.05, 4.69) is 219 Å². The maximum atomic E-state index is 2.48. The molecule has 278 valence electrons. The number of hydrogen-bond acceptors (Lipinski definition) is 1. The van der Waals surface area contributed by atoms with Gasteiger partial charge in [0, 0.05) is 42.0 Å². The number of rotatable bonds is 5. The summed E-state index contributed by atoms with van der Waals surface area (Å²) in [6.07, 6.45) is 0. The van der Waals surface area contributed by atoms with E-state index in [1.54, 1.807) is 0 Å². The average molecular weight is 770 g/mol. The number of nitrogens with zero attached hydrogens (tertiary/aromatic N) is 1. The van der Waals surface area contributed by atoms with Gasteiger partial charge < -0.3 is 4.57 Å². The van der Waals surface area contributed by atoms with E-state index in [1.165, 1.54) is 114 Å². The molecule has 0 N–H and O–H groups in total. The standard InChI is InChI=1S/C57H39NS/c1-57(2)51-20-9-6-15-45(51)46-30-28-43(35-52(46)57)58-53-21-10-7-16-47(53)48-29-27-39(34-54(48)58)41-31-40(38-25-23-37(24-26-38)36-13-4-3-5-14-36)32-42(33-41)44-18-12-19-50-49-17-8-11-22-55(49)59-56(44)50/h3-35H,1-2H3. The molecule has 59 heavy (non-hydrogen) atoms. The normalized spacial score (nSPS) is 13.1. The van der Waals surface area contributed by atoms with Gasteiger partial charge in [0.2, 0.25) is 0 Å². The zero-order chi connectivity index (χ0) is 39.2. The summed E-state index contributed by atoms with van der Waals surface area (Å²) >= 11 is 1.89. The molecule has 1 aliphatic rings. The third kappa shape index (κ3) is 5.30. The van der Waals surface area contributed by atoms with Crippen molar-refractivity contribution in [2.45, 2.75) is 19.3 Å². The fourth-order valence-electron chi connectivity index (χ4n) is 9.84. The van der Waals surface area contributed by atoms with E-state index < -0.39 is 0 Å². The lowest BCUT2D eigenvalue weighted by atomic mass is 9.82. The second kappa shape index (κ2) is 13.0. The van der Waals surface area contributed by atoms with Crippen LogP contribution in [0.4, 0.5) is 0 Å². The van der Waals surface area contributed by atoms with Gasteiger partial charge in [-0.05, 0) is 115 Å². The van der Waals surface area contributed by atoms with Crippen LogP contribution in [0, 0.1) is 0 Å². The summed E-state index contributed by atoms with van der Waals surface area (Å²) in [6.45, 7) is 4.73.